The number of nitrogens with one attached hydrogen (secondary N) is 3. The molecule has 2 aliphatic heterocycles. The number of hydrogen-bond donors (Lipinski definition) is 9. The van der Waals surface area contributed by atoms with E-state index in [1.165, 1.54) is 31.2 Å². The van der Waals surface area contributed by atoms with Crippen molar-refractivity contribution in [2.75, 3.05) is 36.0 Å². The lowest BCUT2D eigenvalue weighted by Gasteiger charge is -2.31. The first-order valence-corrected chi connectivity index (χ1v) is 39.9. The fourth-order valence-electron chi connectivity index (χ4n) is 13.5. The molecule has 29 heteroatoms. The molecule has 103 heavy (non-hydrogen) atoms. The minimum Gasteiger partial charge on any atom is -0.481 e. The lowest BCUT2D eigenvalue weighted by molar-refractivity contribution is -0.437. The van der Waals surface area contributed by atoms with Crippen LogP contribution in [0.15, 0.2) is 125 Å². The van der Waals surface area contributed by atoms with Crippen molar-refractivity contribution in [2.24, 2.45) is 5.92 Å². The van der Waals surface area contributed by atoms with E-state index < -0.39 is 94.6 Å². The number of rotatable bonds is 46. The maximum atomic E-state index is 13.6. The van der Waals surface area contributed by atoms with Crippen molar-refractivity contribution in [3.05, 3.63) is 131 Å². The molecule has 0 fully saturated rings. The molecule has 6 rings (SSSR count). The topological polar surface area (TPSA) is 412 Å². The third kappa shape index (κ3) is 26.5. The van der Waals surface area contributed by atoms with Gasteiger partial charge in [-0.05, 0) is 177 Å². The molecule has 3 amide bonds. The van der Waals surface area contributed by atoms with Gasteiger partial charge in [-0.2, -0.15) is 29.8 Å². The van der Waals surface area contributed by atoms with E-state index in [-0.39, 0.29) is 118 Å². The maximum absolute atomic E-state index is 13.6. The summed E-state index contributed by atoms with van der Waals surface area (Å²) in [5.74, 6) is -5.41. The number of nitrogens with zero attached hydrogens (tertiary/aromatic N) is 2. The number of ether oxygens (including phenoxy) is 1. The molecule has 9 N–H and O–H groups in total. The van der Waals surface area contributed by atoms with Gasteiger partial charge in [-0.3, -0.25) is 32.8 Å². The summed E-state index contributed by atoms with van der Waals surface area (Å²) < 4.78 is 110. The molecule has 0 saturated carbocycles. The van der Waals surface area contributed by atoms with Crippen LogP contribution in [0.4, 0.5) is 16.2 Å². The van der Waals surface area contributed by atoms with E-state index >= 15 is 0 Å². The number of anilines is 1. The molecule has 0 spiro atoms. The van der Waals surface area contributed by atoms with Gasteiger partial charge in [0.25, 0.3) is 30.4 Å². The summed E-state index contributed by atoms with van der Waals surface area (Å²) >= 11 is 0. The van der Waals surface area contributed by atoms with Gasteiger partial charge in [-0.1, -0.05) is 68.2 Å². The van der Waals surface area contributed by atoms with Crippen molar-refractivity contribution in [3.63, 3.8) is 0 Å². The minimum atomic E-state index is -4.53. The van der Waals surface area contributed by atoms with Crippen LogP contribution in [0.2, 0.25) is 0 Å². The molecule has 2 heterocycles. The van der Waals surface area contributed by atoms with E-state index in [0.29, 0.717) is 102 Å². The molecular formula is C74H100N5O21S3+. The highest BCUT2D eigenvalue weighted by molar-refractivity contribution is 7.86. The van der Waals surface area contributed by atoms with Gasteiger partial charge in [0.15, 0.2) is 5.71 Å². The Hall–Kier alpha value is -8.22. The Balaban J connectivity index is 1.04. The number of ketones is 3. The summed E-state index contributed by atoms with van der Waals surface area (Å²) in [6, 6.07) is 17.2. The highest BCUT2D eigenvalue weighted by atomic mass is 32.2. The minimum absolute atomic E-state index is 0.0186. The number of unbranched alkanes of at least 4 members (excludes halogenated alkanes) is 6. The summed E-state index contributed by atoms with van der Waals surface area (Å²) in [4.78, 5) is 99.7. The lowest BCUT2D eigenvalue weighted by atomic mass is 9.76. The molecule has 0 aromatic heterocycles. The first kappa shape index (κ1) is 83.7. The van der Waals surface area contributed by atoms with Crippen molar-refractivity contribution in [3.8, 4) is 5.75 Å². The largest absolute Gasteiger partial charge is 0.481 e. The van der Waals surface area contributed by atoms with Crippen LogP contribution in [0.5, 0.6) is 5.75 Å². The predicted molar refractivity (Wildman–Crippen MR) is 387 cm³/mol. The van der Waals surface area contributed by atoms with Gasteiger partial charge in [-0.15, -0.1) is 0 Å². The fourth-order valence-corrected chi connectivity index (χ4v) is 15.0. The Bertz CT molecular complexity index is 4070. The summed E-state index contributed by atoms with van der Waals surface area (Å²) in [6.45, 7) is 8.27. The summed E-state index contributed by atoms with van der Waals surface area (Å²) in [5, 5.41) is 36.1. The van der Waals surface area contributed by atoms with Crippen LogP contribution in [-0.4, -0.2) is 155 Å². The number of carbonyl (C=O) groups is 8. The summed E-state index contributed by atoms with van der Waals surface area (Å²) in [7, 11) is -13.1. The van der Waals surface area contributed by atoms with Crippen LogP contribution in [0, 0.1) is 5.92 Å². The fraction of sp³-hybridized carbons (Fsp3) is 0.527. The Morgan fingerprint density at radius 2 is 1.20 bits per heavy atom. The second-order valence-electron chi connectivity index (χ2n) is 27.5. The van der Waals surface area contributed by atoms with Gasteiger partial charge in [0.2, 0.25) is 11.6 Å². The zero-order chi connectivity index (χ0) is 75.7. The second kappa shape index (κ2) is 39.1. The zero-order valence-corrected chi connectivity index (χ0v) is 61.6. The van der Waals surface area contributed by atoms with Crippen molar-refractivity contribution in [2.45, 2.75) is 216 Å². The number of hydrogen-bond acceptors (Lipinski definition) is 16. The number of amides is 3. The summed E-state index contributed by atoms with van der Waals surface area (Å²) in [6.07, 6.45) is 16.5. The van der Waals surface area contributed by atoms with Crippen LogP contribution in [-0.2, 0) is 74.7 Å². The maximum Gasteiger partial charge on any atom is 0.326 e. The second-order valence-corrected chi connectivity index (χ2v) is 32.0. The smallest absolute Gasteiger partial charge is 0.326 e. The molecule has 3 aromatic rings. The number of para-hydroxylation sites is 2. The molecule has 0 radical (unpaired) electrons. The summed E-state index contributed by atoms with van der Waals surface area (Å²) in [5.41, 5.74) is 5.65. The van der Waals surface area contributed by atoms with E-state index in [2.05, 4.69) is 41.3 Å². The Morgan fingerprint density at radius 3 is 1.84 bits per heavy atom. The molecule has 4 atom stereocenters. The first-order valence-electron chi connectivity index (χ1n) is 35.2. The number of carboxylic acid groups (broad SMARTS) is 3. The van der Waals surface area contributed by atoms with Crippen LogP contribution in [0.1, 0.15) is 199 Å². The molecule has 1 unspecified atom stereocenters. The average Bonchev–Trinajstić information content (AvgIpc) is 1.60. The van der Waals surface area contributed by atoms with Gasteiger partial charge in [0, 0.05) is 92.5 Å². The normalized spacial score (nSPS) is 17.6. The lowest BCUT2D eigenvalue weighted by Crippen LogP contribution is -2.51. The number of benzene rings is 3. The number of aliphatic carboxylic acids is 3. The monoisotopic (exact) mass is 1490 g/mol. The molecule has 3 aromatic carbocycles. The molecular weight excluding hydrogens is 1390 g/mol. The van der Waals surface area contributed by atoms with Gasteiger partial charge in [0.1, 0.15) is 47.5 Å². The molecule has 564 valence electrons. The van der Waals surface area contributed by atoms with Crippen molar-refractivity contribution < 1.29 is 102 Å². The van der Waals surface area contributed by atoms with Crippen molar-refractivity contribution in [1.29, 1.82) is 0 Å². The van der Waals surface area contributed by atoms with Gasteiger partial charge in [-0.25, -0.2) is 14.4 Å². The van der Waals surface area contributed by atoms with Crippen LogP contribution < -0.4 is 25.6 Å². The number of carbonyl (C=O) groups excluding carboxylic acids is 5. The standard InChI is InChI=1S/C74H99N5O21S3/c1-51(80)34-41-62(71(88)89)77-72(90)76-61(70(86)87)30-16-17-45-75-67(83)33-11-6-5-9-26-56(82)50-54(69(84)85)22-8-7-10-25-55(81)27-19-44-74(4)60-29-13-15-32-64(60)79(47-21-49-102(94,95)96)66(74)43-36-53-24-18-23-52(68(53)100-57-37-39-58(40-38-57)103(97,98)99)35-42-65-73(2,3)59-28-12-14-31-63(59)78(65)46-20-48-101(91,92)93/h12-15,28-29,31-32,35-40,42-43,54,61-62H,5-11,16-27,30,33-34,41,44-50H2,1-4H3,(H8-,75,76,77,83,84,85,86,87,88,89,90,91,92,93,94,95,96,97,98,99)/p+1/t54-,61-,62+,74?/m0/s1. The predicted octanol–water partition coefficient (Wildman–Crippen LogP) is 11.1. The van der Waals surface area contributed by atoms with Crippen molar-refractivity contribution in [1.82, 2.24) is 16.0 Å². The van der Waals surface area contributed by atoms with E-state index in [4.69, 9.17) is 4.74 Å². The SMILES string of the molecule is CC(=O)CC[C@@H](NC(=O)N[C@@H](CCCCNC(=O)CCCCCCC(=O)C[C@H](CCCCCC(=O)CCCC1(C)/C(=C\C=C2/CCCC(/C=C/C3=[N+](CCCS(=O)(=O)O)c4ccccc4C3(C)C)=C2Oc2ccc(S(=O)(=O)O)cc2)N(CCCS(=O)(=O)O)c2ccccc21)C(=O)O)C(=O)O)C(=O)O. The zero-order valence-electron chi connectivity index (χ0n) is 59.1. The average molecular weight is 1490 g/mol. The molecule has 26 nitrogen and oxygen atoms in total. The van der Waals surface area contributed by atoms with Gasteiger partial charge >= 0.3 is 23.9 Å². The number of allylic oxidation sites excluding steroid dienone is 7. The Kier molecular flexibility index (Phi) is 31.7. The Morgan fingerprint density at radius 1 is 0.612 bits per heavy atom. The van der Waals surface area contributed by atoms with Crippen molar-refractivity contribution >= 4 is 94.6 Å². The van der Waals surface area contributed by atoms with E-state index in [1.807, 2.05) is 77.7 Å². The number of fused-ring (bicyclic) bond motifs is 2. The first-order chi connectivity index (χ1) is 48.6. The number of urea groups is 1. The van der Waals surface area contributed by atoms with Crippen LogP contribution >= 0.6 is 0 Å². The van der Waals surface area contributed by atoms with E-state index in [9.17, 15) is 92.6 Å². The highest BCUT2D eigenvalue weighted by Gasteiger charge is 2.45. The molecule has 1 aliphatic carbocycles. The molecule has 0 bridgehead atoms. The number of Topliss-reactive ketones (excluding diaryl/α,β-unsaturated/α-hetero) is 3. The van der Waals surface area contributed by atoms with E-state index in [1.54, 1.807) is 0 Å². The number of carboxylic acids is 3. The van der Waals surface area contributed by atoms with Crippen LogP contribution in [0.3, 0.4) is 0 Å². The molecule has 3 aliphatic rings. The highest BCUT2D eigenvalue weighted by Crippen LogP contribution is 2.51. The quantitative estimate of drug-likeness (QED) is 0.0144. The Labute approximate surface area is 603 Å². The molecule has 0 saturated heterocycles. The van der Waals surface area contributed by atoms with Crippen LogP contribution in [0.25, 0.3) is 0 Å². The van der Waals surface area contributed by atoms with E-state index in [0.717, 1.165) is 45.1 Å². The van der Waals surface area contributed by atoms with Gasteiger partial charge in [0.05, 0.1) is 27.7 Å². The third-order valence-electron chi connectivity index (χ3n) is 19.0. The van der Waals surface area contributed by atoms with Gasteiger partial charge < -0.3 is 45.7 Å². The third-order valence-corrected chi connectivity index (χ3v) is 21.5.